The number of esters is 2. The monoisotopic (exact) mass is 223 g/mol. The number of para-hydroxylation sites is 1. The lowest BCUT2D eigenvalue weighted by Crippen LogP contribution is -2.16. The van der Waals surface area contributed by atoms with Crippen LogP contribution in [0.1, 0.15) is 15.9 Å². The van der Waals surface area contributed by atoms with Crippen LogP contribution in [0.25, 0.3) is 0 Å². The number of rotatable bonds is 3. The van der Waals surface area contributed by atoms with Gasteiger partial charge in [0.1, 0.15) is 0 Å². The van der Waals surface area contributed by atoms with Crippen LogP contribution in [-0.4, -0.2) is 25.7 Å². The normalized spacial score (nSPS) is 9.62. The molecule has 1 aromatic carbocycles. The van der Waals surface area contributed by atoms with Crippen molar-refractivity contribution < 1.29 is 19.1 Å². The second-order valence-electron chi connectivity index (χ2n) is 3.19. The SMILES string of the molecule is COC(=O)COC(=O)c1cccc(C)c1N. The summed E-state index contributed by atoms with van der Waals surface area (Å²) in [4.78, 5) is 22.3. The van der Waals surface area contributed by atoms with Crippen molar-refractivity contribution in [2.24, 2.45) is 0 Å². The van der Waals surface area contributed by atoms with Gasteiger partial charge in [0.25, 0.3) is 0 Å². The van der Waals surface area contributed by atoms with Gasteiger partial charge in [-0.3, -0.25) is 0 Å². The van der Waals surface area contributed by atoms with Crippen molar-refractivity contribution in [3.8, 4) is 0 Å². The van der Waals surface area contributed by atoms with Gasteiger partial charge in [-0.15, -0.1) is 0 Å². The van der Waals surface area contributed by atoms with Gasteiger partial charge in [0.05, 0.1) is 12.7 Å². The molecule has 0 spiro atoms. The number of methoxy groups -OCH3 is 1. The Morgan fingerprint density at radius 1 is 1.38 bits per heavy atom. The molecule has 86 valence electrons. The van der Waals surface area contributed by atoms with Crippen LogP contribution < -0.4 is 5.73 Å². The Hall–Kier alpha value is -2.04. The molecule has 0 aliphatic heterocycles. The molecule has 0 atom stereocenters. The molecule has 0 bridgehead atoms. The van der Waals surface area contributed by atoms with Gasteiger partial charge in [0.15, 0.2) is 6.61 Å². The Balaban J connectivity index is 2.74. The predicted molar refractivity (Wildman–Crippen MR) is 57.9 cm³/mol. The lowest BCUT2D eigenvalue weighted by atomic mass is 10.1. The second kappa shape index (κ2) is 5.16. The molecule has 5 nitrogen and oxygen atoms in total. The summed E-state index contributed by atoms with van der Waals surface area (Å²) in [6, 6.07) is 5.02. The number of nitrogen functional groups attached to an aromatic ring is 1. The van der Waals surface area contributed by atoms with E-state index in [1.807, 2.05) is 0 Å². The van der Waals surface area contributed by atoms with E-state index in [-0.39, 0.29) is 5.56 Å². The predicted octanol–water partition coefficient (Wildman–Crippen LogP) is 0.907. The molecule has 0 aromatic heterocycles. The number of ether oxygens (including phenoxy) is 2. The summed E-state index contributed by atoms with van der Waals surface area (Å²) in [5.41, 5.74) is 7.10. The second-order valence-corrected chi connectivity index (χ2v) is 3.19. The van der Waals surface area contributed by atoms with E-state index in [1.54, 1.807) is 25.1 Å². The molecular weight excluding hydrogens is 210 g/mol. The van der Waals surface area contributed by atoms with Gasteiger partial charge >= 0.3 is 11.9 Å². The summed E-state index contributed by atoms with van der Waals surface area (Å²) in [5.74, 6) is -1.24. The smallest absolute Gasteiger partial charge is 0.344 e. The van der Waals surface area contributed by atoms with Gasteiger partial charge < -0.3 is 15.2 Å². The highest BCUT2D eigenvalue weighted by atomic mass is 16.6. The fourth-order valence-electron chi connectivity index (χ4n) is 1.12. The highest BCUT2D eigenvalue weighted by Crippen LogP contribution is 2.17. The van der Waals surface area contributed by atoms with E-state index >= 15 is 0 Å². The first-order valence-electron chi connectivity index (χ1n) is 4.65. The molecule has 0 aliphatic rings. The average molecular weight is 223 g/mol. The molecule has 1 aromatic rings. The van der Waals surface area contributed by atoms with Crippen LogP contribution in [0.4, 0.5) is 5.69 Å². The van der Waals surface area contributed by atoms with Gasteiger partial charge in [-0.05, 0) is 18.6 Å². The van der Waals surface area contributed by atoms with Gasteiger partial charge in [0.2, 0.25) is 0 Å². The molecule has 0 saturated carbocycles. The summed E-state index contributed by atoms with van der Waals surface area (Å²) < 4.78 is 9.07. The Labute approximate surface area is 93.1 Å². The average Bonchev–Trinajstić information content (AvgIpc) is 2.29. The number of carbonyl (C=O) groups is 2. The molecule has 16 heavy (non-hydrogen) atoms. The van der Waals surface area contributed by atoms with E-state index in [4.69, 9.17) is 10.5 Å². The first kappa shape index (κ1) is 12.0. The standard InChI is InChI=1S/C11H13NO4/c1-7-4-3-5-8(10(7)12)11(14)16-6-9(13)15-2/h3-5H,6,12H2,1-2H3. The van der Waals surface area contributed by atoms with E-state index in [0.29, 0.717) is 5.69 Å². The quantitative estimate of drug-likeness (QED) is 0.608. The maximum absolute atomic E-state index is 11.5. The molecule has 0 fully saturated rings. The van der Waals surface area contributed by atoms with Gasteiger partial charge in [0, 0.05) is 5.69 Å². The lowest BCUT2D eigenvalue weighted by molar-refractivity contribution is -0.144. The molecule has 0 unspecified atom stereocenters. The summed E-state index contributed by atoms with van der Waals surface area (Å²) in [6.45, 7) is 1.37. The third kappa shape index (κ3) is 2.73. The number of aryl methyl sites for hydroxylation is 1. The molecule has 0 heterocycles. The Bertz CT molecular complexity index is 414. The minimum Gasteiger partial charge on any atom is -0.466 e. The van der Waals surface area contributed by atoms with Gasteiger partial charge in [-0.25, -0.2) is 9.59 Å². The molecule has 5 heteroatoms. The Kier molecular flexibility index (Phi) is 3.88. The van der Waals surface area contributed by atoms with Crippen LogP contribution in [0.5, 0.6) is 0 Å². The van der Waals surface area contributed by atoms with Crippen molar-refractivity contribution in [3.05, 3.63) is 29.3 Å². The van der Waals surface area contributed by atoms with Crippen molar-refractivity contribution in [2.75, 3.05) is 19.5 Å². The van der Waals surface area contributed by atoms with Crippen LogP contribution >= 0.6 is 0 Å². The zero-order valence-corrected chi connectivity index (χ0v) is 9.15. The zero-order valence-electron chi connectivity index (χ0n) is 9.15. The largest absolute Gasteiger partial charge is 0.466 e. The minimum absolute atomic E-state index is 0.254. The number of nitrogens with two attached hydrogens (primary N) is 1. The summed E-state index contributed by atoms with van der Waals surface area (Å²) in [6.07, 6.45) is 0. The summed E-state index contributed by atoms with van der Waals surface area (Å²) >= 11 is 0. The maximum atomic E-state index is 11.5. The number of hydrogen-bond donors (Lipinski definition) is 1. The molecular formula is C11H13NO4. The van der Waals surface area contributed by atoms with Crippen molar-refractivity contribution in [2.45, 2.75) is 6.92 Å². The summed E-state index contributed by atoms with van der Waals surface area (Å²) in [5, 5.41) is 0. The van der Waals surface area contributed by atoms with Crippen LogP contribution in [0.15, 0.2) is 18.2 Å². The van der Waals surface area contributed by atoms with E-state index in [2.05, 4.69) is 4.74 Å². The molecule has 0 radical (unpaired) electrons. The highest BCUT2D eigenvalue weighted by Gasteiger charge is 2.13. The Morgan fingerprint density at radius 2 is 2.06 bits per heavy atom. The number of anilines is 1. The fraction of sp³-hybridized carbons (Fsp3) is 0.273. The van der Waals surface area contributed by atoms with Crippen LogP contribution in [0, 0.1) is 6.92 Å². The number of carbonyl (C=O) groups excluding carboxylic acids is 2. The van der Waals surface area contributed by atoms with Crippen molar-refractivity contribution in [3.63, 3.8) is 0 Å². The number of benzene rings is 1. The van der Waals surface area contributed by atoms with E-state index < -0.39 is 18.5 Å². The topological polar surface area (TPSA) is 78.6 Å². The van der Waals surface area contributed by atoms with E-state index in [0.717, 1.165) is 5.56 Å². The van der Waals surface area contributed by atoms with Crippen LogP contribution in [0.3, 0.4) is 0 Å². The van der Waals surface area contributed by atoms with Gasteiger partial charge in [-0.2, -0.15) is 0 Å². The lowest BCUT2D eigenvalue weighted by Gasteiger charge is -2.07. The highest BCUT2D eigenvalue weighted by molar-refractivity contribution is 5.96. The van der Waals surface area contributed by atoms with Crippen molar-refractivity contribution in [1.82, 2.24) is 0 Å². The van der Waals surface area contributed by atoms with Crippen LogP contribution in [0.2, 0.25) is 0 Å². The molecule has 1 rings (SSSR count). The molecule has 0 amide bonds. The molecule has 2 N–H and O–H groups in total. The van der Waals surface area contributed by atoms with Gasteiger partial charge in [-0.1, -0.05) is 12.1 Å². The fourth-order valence-corrected chi connectivity index (χ4v) is 1.12. The molecule has 0 aliphatic carbocycles. The first-order chi connectivity index (χ1) is 7.56. The zero-order chi connectivity index (χ0) is 12.1. The summed E-state index contributed by atoms with van der Waals surface area (Å²) in [7, 11) is 1.22. The van der Waals surface area contributed by atoms with Crippen LogP contribution in [-0.2, 0) is 14.3 Å². The Morgan fingerprint density at radius 3 is 2.69 bits per heavy atom. The maximum Gasteiger partial charge on any atom is 0.344 e. The third-order valence-electron chi connectivity index (χ3n) is 2.09. The minimum atomic E-state index is -0.633. The first-order valence-corrected chi connectivity index (χ1v) is 4.65. The number of hydrogen-bond acceptors (Lipinski definition) is 5. The van der Waals surface area contributed by atoms with E-state index in [9.17, 15) is 9.59 Å². The third-order valence-corrected chi connectivity index (χ3v) is 2.09. The van der Waals surface area contributed by atoms with Crippen molar-refractivity contribution in [1.29, 1.82) is 0 Å². The molecule has 0 saturated heterocycles. The van der Waals surface area contributed by atoms with Crippen molar-refractivity contribution >= 4 is 17.6 Å². The van der Waals surface area contributed by atoms with E-state index in [1.165, 1.54) is 7.11 Å².